The predicted molar refractivity (Wildman–Crippen MR) is 49.3 cm³/mol. The molecule has 0 radical (unpaired) electrons. The molecule has 0 aromatic heterocycles. The molecule has 0 aliphatic rings. The fraction of sp³-hybridized carbons (Fsp3) is 0.400. The number of hydrogen-bond donors (Lipinski definition) is 1. The van der Waals surface area contributed by atoms with Gasteiger partial charge in [-0.1, -0.05) is 0 Å². The summed E-state index contributed by atoms with van der Waals surface area (Å²) in [5, 5.41) is 0. The molecule has 114 valence electrons. The van der Waals surface area contributed by atoms with E-state index in [1.807, 2.05) is 0 Å². The number of nitrogens with two attached hydrogens (primary N) is 1. The summed E-state index contributed by atoms with van der Waals surface area (Å²) < 4.78 is 113. The zero-order chi connectivity index (χ0) is 15.9. The average molecular weight is 311 g/mol. The van der Waals surface area contributed by atoms with Gasteiger partial charge < -0.3 is 5.73 Å². The van der Waals surface area contributed by atoms with Crippen molar-refractivity contribution in [2.45, 2.75) is 24.3 Å². The molecule has 0 saturated carbocycles. The molecule has 10 heteroatoms. The molecule has 0 saturated heterocycles. The Bertz CT molecular complexity index is 488. The van der Waals surface area contributed by atoms with Gasteiger partial charge in [0.2, 0.25) is 0 Å². The molecule has 1 aromatic rings. The third-order valence-electron chi connectivity index (χ3n) is 2.42. The fourth-order valence-corrected chi connectivity index (χ4v) is 1.42. The number of halogens is 9. The van der Waals surface area contributed by atoms with Gasteiger partial charge in [-0.05, 0) is 23.8 Å². The van der Waals surface area contributed by atoms with Gasteiger partial charge in [0.25, 0.3) is 0 Å². The van der Waals surface area contributed by atoms with E-state index >= 15 is 0 Å². The highest BCUT2D eigenvalue weighted by Gasteiger charge is 2.62. The highest BCUT2D eigenvalue weighted by atomic mass is 19.4. The smallest absolute Gasteiger partial charge is 0.319 e. The van der Waals surface area contributed by atoms with Gasteiger partial charge in [-0.3, -0.25) is 0 Å². The number of rotatable bonds is 2. The van der Waals surface area contributed by atoms with E-state index in [4.69, 9.17) is 0 Å². The SMILES string of the molecule is N[C@@H](c1cc(F)ccc1C(F)(F)F)C(F)(F)C(F)(F)F. The van der Waals surface area contributed by atoms with Gasteiger partial charge in [-0.25, -0.2) is 4.39 Å². The van der Waals surface area contributed by atoms with E-state index in [2.05, 4.69) is 5.73 Å². The molecule has 0 spiro atoms. The standard InChI is InChI=1S/C10H6F9N/c11-4-1-2-6(9(14,15)16)5(3-4)7(20)8(12,13)10(17,18)19/h1-3,7H,20H2/t7-/m0/s1. The molecule has 0 bridgehead atoms. The van der Waals surface area contributed by atoms with Crippen molar-refractivity contribution in [2.75, 3.05) is 0 Å². The van der Waals surface area contributed by atoms with Gasteiger partial charge in [0.1, 0.15) is 11.9 Å². The Morgan fingerprint density at radius 2 is 1.40 bits per heavy atom. The summed E-state index contributed by atoms with van der Waals surface area (Å²) in [6.07, 6.45) is -11.4. The van der Waals surface area contributed by atoms with Gasteiger partial charge in [0, 0.05) is 0 Å². The van der Waals surface area contributed by atoms with Crippen molar-refractivity contribution >= 4 is 0 Å². The molecular formula is C10H6F9N. The van der Waals surface area contributed by atoms with E-state index in [1.54, 1.807) is 0 Å². The van der Waals surface area contributed by atoms with E-state index in [0.717, 1.165) is 0 Å². The maximum absolute atomic E-state index is 13.0. The zero-order valence-electron chi connectivity index (χ0n) is 9.29. The monoisotopic (exact) mass is 311 g/mol. The first kappa shape index (κ1) is 16.6. The minimum absolute atomic E-state index is 0.0526. The Balaban J connectivity index is 3.43. The van der Waals surface area contributed by atoms with Gasteiger partial charge in [-0.15, -0.1) is 0 Å². The van der Waals surface area contributed by atoms with Crippen LogP contribution in [-0.4, -0.2) is 12.1 Å². The molecule has 0 aliphatic heterocycles. The molecule has 0 amide bonds. The Morgan fingerprint density at radius 1 is 0.900 bits per heavy atom. The molecular weight excluding hydrogens is 305 g/mol. The van der Waals surface area contributed by atoms with E-state index < -0.39 is 41.3 Å². The lowest BCUT2D eigenvalue weighted by Gasteiger charge is -2.27. The van der Waals surface area contributed by atoms with Crippen LogP contribution in [0.1, 0.15) is 17.2 Å². The van der Waals surface area contributed by atoms with Crippen LogP contribution in [0.15, 0.2) is 18.2 Å². The summed E-state index contributed by atoms with van der Waals surface area (Å²) >= 11 is 0. The van der Waals surface area contributed by atoms with E-state index in [0.29, 0.717) is 0 Å². The zero-order valence-corrected chi connectivity index (χ0v) is 9.29. The summed E-state index contributed by atoms with van der Waals surface area (Å²) in [6, 6.07) is -3.13. The van der Waals surface area contributed by atoms with Crippen LogP contribution in [0.2, 0.25) is 0 Å². The van der Waals surface area contributed by atoms with Crippen LogP contribution in [0.3, 0.4) is 0 Å². The van der Waals surface area contributed by atoms with Gasteiger partial charge in [0.15, 0.2) is 0 Å². The van der Waals surface area contributed by atoms with Gasteiger partial charge >= 0.3 is 18.3 Å². The number of benzene rings is 1. The Labute approximate surface area is 106 Å². The Kier molecular flexibility index (Phi) is 4.01. The topological polar surface area (TPSA) is 26.0 Å². The molecule has 0 unspecified atom stereocenters. The van der Waals surface area contributed by atoms with Crippen LogP contribution >= 0.6 is 0 Å². The third-order valence-corrected chi connectivity index (χ3v) is 2.42. The van der Waals surface area contributed by atoms with Crippen molar-refractivity contribution in [3.05, 3.63) is 35.1 Å². The van der Waals surface area contributed by atoms with Gasteiger partial charge in [0.05, 0.1) is 5.56 Å². The molecule has 1 atom stereocenters. The first-order chi connectivity index (χ1) is 8.78. The van der Waals surface area contributed by atoms with Crippen LogP contribution in [-0.2, 0) is 6.18 Å². The Morgan fingerprint density at radius 3 is 1.80 bits per heavy atom. The Hall–Kier alpha value is -1.45. The third kappa shape index (κ3) is 3.00. The average Bonchev–Trinajstić information content (AvgIpc) is 2.24. The summed E-state index contributed by atoms with van der Waals surface area (Å²) in [5.74, 6) is -7.05. The second-order valence-electron chi connectivity index (χ2n) is 3.83. The molecule has 2 N–H and O–H groups in total. The molecule has 0 aliphatic carbocycles. The van der Waals surface area contributed by atoms with Crippen molar-refractivity contribution in [1.82, 2.24) is 0 Å². The minimum atomic E-state index is -6.17. The molecule has 20 heavy (non-hydrogen) atoms. The minimum Gasteiger partial charge on any atom is -0.319 e. The second kappa shape index (κ2) is 4.83. The number of hydrogen-bond acceptors (Lipinski definition) is 1. The maximum atomic E-state index is 13.0. The lowest BCUT2D eigenvalue weighted by atomic mass is 9.95. The van der Waals surface area contributed by atoms with Crippen LogP contribution < -0.4 is 5.73 Å². The summed E-state index contributed by atoms with van der Waals surface area (Å²) in [7, 11) is 0. The largest absolute Gasteiger partial charge is 0.455 e. The summed E-state index contributed by atoms with van der Waals surface area (Å²) in [4.78, 5) is 0. The van der Waals surface area contributed by atoms with E-state index in [9.17, 15) is 39.5 Å². The predicted octanol–water partition coefficient (Wildman–Crippen LogP) is 4.04. The van der Waals surface area contributed by atoms with Crippen LogP contribution in [0.5, 0.6) is 0 Å². The van der Waals surface area contributed by atoms with Crippen molar-refractivity contribution < 1.29 is 39.5 Å². The molecule has 0 heterocycles. The summed E-state index contributed by atoms with van der Waals surface area (Å²) in [5.41, 5.74) is 1.07. The van der Waals surface area contributed by atoms with Crippen molar-refractivity contribution in [3.63, 3.8) is 0 Å². The first-order valence-electron chi connectivity index (χ1n) is 4.85. The van der Waals surface area contributed by atoms with Gasteiger partial charge in [-0.2, -0.15) is 35.1 Å². The van der Waals surface area contributed by atoms with Crippen molar-refractivity contribution in [3.8, 4) is 0 Å². The summed E-state index contributed by atoms with van der Waals surface area (Å²) in [6.45, 7) is 0. The second-order valence-corrected chi connectivity index (χ2v) is 3.83. The van der Waals surface area contributed by atoms with Crippen LogP contribution in [0, 0.1) is 5.82 Å². The lowest BCUT2D eigenvalue weighted by Crippen LogP contribution is -2.46. The molecule has 1 nitrogen and oxygen atoms in total. The molecule has 1 aromatic carbocycles. The molecule has 1 rings (SSSR count). The van der Waals surface area contributed by atoms with E-state index in [-0.39, 0.29) is 18.2 Å². The maximum Gasteiger partial charge on any atom is 0.455 e. The highest BCUT2D eigenvalue weighted by Crippen LogP contribution is 2.46. The van der Waals surface area contributed by atoms with E-state index in [1.165, 1.54) is 0 Å². The lowest BCUT2D eigenvalue weighted by molar-refractivity contribution is -0.291. The van der Waals surface area contributed by atoms with Crippen LogP contribution in [0.4, 0.5) is 39.5 Å². The normalized spacial score (nSPS) is 15.3. The highest BCUT2D eigenvalue weighted by molar-refractivity contribution is 5.34. The van der Waals surface area contributed by atoms with Crippen molar-refractivity contribution in [1.29, 1.82) is 0 Å². The van der Waals surface area contributed by atoms with Crippen molar-refractivity contribution in [2.24, 2.45) is 5.73 Å². The molecule has 0 fully saturated rings. The fourth-order valence-electron chi connectivity index (χ4n) is 1.42. The van der Waals surface area contributed by atoms with Crippen LogP contribution in [0.25, 0.3) is 0 Å². The quantitative estimate of drug-likeness (QED) is 0.820. The first-order valence-corrected chi connectivity index (χ1v) is 4.85. The number of alkyl halides is 8.